The van der Waals surface area contributed by atoms with Gasteiger partial charge in [-0.3, -0.25) is 10.1 Å². The van der Waals surface area contributed by atoms with Gasteiger partial charge in [-0.15, -0.1) is 5.10 Å². The Morgan fingerprint density at radius 2 is 1.81 bits per heavy atom. The monoisotopic (exact) mass is 377 g/mol. The molecule has 0 aliphatic carbocycles. The van der Waals surface area contributed by atoms with Crippen LogP contribution in [0.2, 0.25) is 0 Å². The van der Waals surface area contributed by atoms with Crippen molar-refractivity contribution < 1.29 is 9.21 Å². The third-order valence-corrected chi connectivity index (χ3v) is 4.70. The molecule has 134 valence electrons. The van der Waals surface area contributed by atoms with Gasteiger partial charge >= 0.3 is 6.01 Å². The fourth-order valence-corrected chi connectivity index (χ4v) is 3.39. The number of para-hydroxylation sites is 1. The van der Waals surface area contributed by atoms with Gasteiger partial charge in [-0.2, -0.15) is 0 Å². The molecule has 0 radical (unpaired) electrons. The number of carbonyl (C=O) groups is 1. The highest BCUT2D eigenvalue weighted by Crippen LogP contribution is 2.25. The van der Waals surface area contributed by atoms with Crippen molar-refractivity contribution in [3.63, 3.8) is 0 Å². The maximum absolute atomic E-state index is 12.2. The van der Waals surface area contributed by atoms with Gasteiger partial charge in [0.25, 0.3) is 0 Å². The van der Waals surface area contributed by atoms with Gasteiger partial charge < -0.3 is 4.42 Å². The highest BCUT2D eigenvalue weighted by Gasteiger charge is 2.13. The number of hydrogen-bond donors (Lipinski definition) is 1. The summed E-state index contributed by atoms with van der Waals surface area (Å²) in [5.41, 5.74) is 1.65. The Morgan fingerprint density at radius 3 is 2.67 bits per heavy atom. The summed E-state index contributed by atoms with van der Waals surface area (Å²) in [6.07, 6.45) is 0. The van der Waals surface area contributed by atoms with E-state index in [1.54, 1.807) is 0 Å². The summed E-state index contributed by atoms with van der Waals surface area (Å²) in [5, 5.41) is 12.1. The Morgan fingerprint density at radius 1 is 1.04 bits per heavy atom. The predicted octanol–water partition coefficient (Wildman–Crippen LogP) is 3.72. The molecule has 0 fully saturated rings. The van der Waals surface area contributed by atoms with Crippen LogP contribution >= 0.6 is 11.8 Å². The fourth-order valence-electron chi connectivity index (χ4n) is 2.53. The van der Waals surface area contributed by atoms with E-state index in [0.717, 1.165) is 21.5 Å². The molecular weight excluding hydrogens is 362 g/mol. The minimum Gasteiger partial charge on any atom is -0.403 e. The number of anilines is 1. The van der Waals surface area contributed by atoms with Gasteiger partial charge in [-0.1, -0.05) is 53.3 Å². The second-order valence-corrected chi connectivity index (χ2v) is 6.67. The molecule has 4 rings (SSSR count). The Hall–Kier alpha value is -3.26. The van der Waals surface area contributed by atoms with Crippen LogP contribution in [0.4, 0.5) is 6.01 Å². The number of thioether (sulfide) groups is 1. The number of aromatic nitrogens is 4. The minimum absolute atomic E-state index is 0.0724. The first-order valence-corrected chi connectivity index (χ1v) is 9.22. The zero-order valence-corrected chi connectivity index (χ0v) is 15.2. The van der Waals surface area contributed by atoms with E-state index in [0.29, 0.717) is 11.7 Å². The lowest BCUT2D eigenvalue weighted by atomic mass is 10.2. The van der Waals surface area contributed by atoms with E-state index in [2.05, 4.69) is 25.5 Å². The van der Waals surface area contributed by atoms with Gasteiger partial charge in [0.05, 0.1) is 11.3 Å². The summed E-state index contributed by atoms with van der Waals surface area (Å²) >= 11 is 1.34. The minimum atomic E-state index is -0.247. The number of aryl methyl sites for hydroxylation is 1. The Kier molecular flexibility index (Phi) is 4.80. The van der Waals surface area contributed by atoms with E-state index in [-0.39, 0.29) is 17.7 Å². The predicted molar refractivity (Wildman–Crippen MR) is 103 cm³/mol. The van der Waals surface area contributed by atoms with Crippen LogP contribution in [0.15, 0.2) is 64.0 Å². The van der Waals surface area contributed by atoms with E-state index in [4.69, 9.17) is 4.42 Å². The fraction of sp³-hybridized carbons (Fsp3) is 0.105. The number of amides is 1. The van der Waals surface area contributed by atoms with Crippen molar-refractivity contribution in [1.29, 1.82) is 0 Å². The molecule has 0 saturated carbocycles. The quantitative estimate of drug-likeness (QED) is 0.418. The standard InChI is InChI=1S/C19H15N5O2S/c1-12-20-15-10-6-5-9-14(15)18(21-12)27-11-16(25)22-19-24-23-17(26-19)13-7-3-2-4-8-13/h2-10H,11H2,1H3,(H,22,24,25). The first-order chi connectivity index (χ1) is 13.2. The molecule has 8 heteroatoms. The van der Waals surface area contributed by atoms with Crippen LogP contribution in [0.1, 0.15) is 5.82 Å². The van der Waals surface area contributed by atoms with E-state index in [1.807, 2.05) is 61.5 Å². The molecule has 4 aromatic rings. The van der Waals surface area contributed by atoms with Crippen LogP contribution in [0, 0.1) is 6.92 Å². The maximum Gasteiger partial charge on any atom is 0.322 e. The van der Waals surface area contributed by atoms with E-state index >= 15 is 0 Å². The molecule has 2 aromatic carbocycles. The molecule has 1 N–H and O–H groups in total. The number of hydrogen-bond acceptors (Lipinski definition) is 7. The highest BCUT2D eigenvalue weighted by molar-refractivity contribution is 8.00. The average molecular weight is 377 g/mol. The largest absolute Gasteiger partial charge is 0.403 e. The molecule has 0 atom stereocenters. The molecular formula is C19H15N5O2S. The average Bonchev–Trinajstić information content (AvgIpc) is 3.15. The molecule has 2 heterocycles. The van der Waals surface area contributed by atoms with Crippen molar-refractivity contribution >= 4 is 34.6 Å². The van der Waals surface area contributed by atoms with Gasteiger partial charge in [0.2, 0.25) is 11.8 Å². The lowest BCUT2D eigenvalue weighted by Gasteiger charge is -2.06. The van der Waals surface area contributed by atoms with Crippen molar-refractivity contribution in [2.75, 3.05) is 11.1 Å². The second kappa shape index (κ2) is 7.55. The van der Waals surface area contributed by atoms with Crippen molar-refractivity contribution in [1.82, 2.24) is 20.2 Å². The zero-order valence-electron chi connectivity index (χ0n) is 14.4. The van der Waals surface area contributed by atoms with Crippen LogP contribution in [0.5, 0.6) is 0 Å². The first kappa shape index (κ1) is 17.2. The van der Waals surface area contributed by atoms with Crippen LogP contribution in [-0.4, -0.2) is 31.8 Å². The van der Waals surface area contributed by atoms with Gasteiger partial charge in [0.15, 0.2) is 0 Å². The Bertz CT molecular complexity index is 1100. The lowest BCUT2D eigenvalue weighted by Crippen LogP contribution is -2.14. The molecule has 0 saturated heterocycles. The van der Waals surface area contributed by atoms with Crippen LogP contribution in [-0.2, 0) is 4.79 Å². The SMILES string of the molecule is Cc1nc(SCC(=O)Nc2nnc(-c3ccccc3)o2)c2ccccc2n1. The van der Waals surface area contributed by atoms with Gasteiger partial charge in [0.1, 0.15) is 10.9 Å². The molecule has 2 aromatic heterocycles. The first-order valence-electron chi connectivity index (χ1n) is 8.24. The van der Waals surface area contributed by atoms with Gasteiger partial charge in [-0.05, 0) is 25.1 Å². The summed E-state index contributed by atoms with van der Waals surface area (Å²) in [6, 6.07) is 17.2. The Balaban J connectivity index is 1.43. The molecule has 0 unspecified atom stereocenters. The normalized spacial score (nSPS) is 10.9. The molecule has 0 bridgehead atoms. The second-order valence-electron chi connectivity index (χ2n) is 5.71. The van der Waals surface area contributed by atoms with Crippen LogP contribution < -0.4 is 5.32 Å². The number of carbonyl (C=O) groups excluding carboxylic acids is 1. The van der Waals surface area contributed by atoms with Crippen molar-refractivity contribution in [2.45, 2.75) is 11.9 Å². The molecule has 27 heavy (non-hydrogen) atoms. The topological polar surface area (TPSA) is 93.8 Å². The molecule has 1 amide bonds. The summed E-state index contributed by atoms with van der Waals surface area (Å²) in [7, 11) is 0. The van der Waals surface area contributed by atoms with E-state index < -0.39 is 0 Å². The molecule has 7 nitrogen and oxygen atoms in total. The number of fused-ring (bicyclic) bond motifs is 1. The third kappa shape index (κ3) is 3.95. The third-order valence-electron chi connectivity index (χ3n) is 3.71. The van der Waals surface area contributed by atoms with Gasteiger partial charge in [-0.25, -0.2) is 9.97 Å². The summed E-state index contributed by atoms with van der Waals surface area (Å²) < 4.78 is 5.49. The summed E-state index contributed by atoms with van der Waals surface area (Å²) in [4.78, 5) is 21.1. The molecule has 0 aliphatic rings. The van der Waals surface area contributed by atoms with E-state index in [1.165, 1.54) is 11.8 Å². The van der Waals surface area contributed by atoms with Crippen molar-refractivity contribution in [2.24, 2.45) is 0 Å². The highest BCUT2D eigenvalue weighted by atomic mass is 32.2. The van der Waals surface area contributed by atoms with E-state index in [9.17, 15) is 4.79 Å². The number of nitrogens with one attached hydrogen (secondary N) is 1. The zero-order chi connectivity index (χ0) is 18.6. The Labute approximate surface area is 159 Å². The molecule has 0 aliphatic heterocycles. The maximum atomic E-state index is 12.2. The number of nitrogens with zero attached hydrogens (tertiary/aromatic N) is 4. The summed E-state index contributed by atoms with van der Waals surface area (Å²) in [5.74, 6) is 0.948. The lowest BCUT2D eigenvalue weighted by molar-refractivity contribution is -0.113. The van der Waals surface area contributed by atoms with Crippen LogP contribution in [0.3, 0.4) is 0 Å². The van der Waals surface area contributed by atoms with Gasteiger partial charge in [0, 0.05) is 10.9 Å². The smallest absolute Gasteiger partial charge is 0.322 e. The molecule has 0 spiro atoms. The van der Waals surface area contributed by atoms with Crippen LogP contribution in [0.25, 0.3) is 22.4 Å². The summed E-state index contributed by atoms with van der Waals surface area (Å²) in [6.45, 7) is 1.83. The van der Waals surface area contributed by atoms with Crippen molar-refractivity contribution in [3.05, 3.63) is 60.4 Å². The number of rotatable bonds is 5. The van der Waals surface area contributed by atoms with Crippen molar-refractivity contribution in [3.8, 4) is 11.5 Å². The number of benzene rings is 2.